The second kappa shape index (κ2) is 11.9. The maximum atomic E-state index is 14.5. The van der Waals surface area contributed by atoms with Crippen molar-refractivity contribution in [2.75, 3.05) is 13.1 Å². The second-order valence-electron chi connectivity index (χ2n) is 8.28. The molecular formula is C24H23F5N2O6. The molecule has 1 saturated carbocycles. The van der Waals surface area contributed by atoms with Crippen molar-refractivity contribution >= 4 is 17.8 Å². The van der Waals surface area contributed by atoms with Gasteiger partial charge in [0.05, 0.1) is 17.6 Å². The van der Waals surface area contributed by atoms with Gasteiger partial charge in [-0.1, -0.05) is 0 Å². The van der Waals surface area contributed by atoms with Crippen LogP contribution in [0.5, 0.6) is 11.5 Å². The van der Waals surface area contributed by atoms with Gasteiger partial charge in [0.1, 0.15) is 11.6 Å². The highest BCUT2D eigenvalue weighted by atomic mass is 19.4. The third-order valence-electron chi connectivity index (χ3n) is 5.63. The largest absolute Gasteiger partial charge is 0.573 e. The zero-order valence-electron chi connectivity index (χ0n) is 19.2. The Labute approximate surface area is 207 Å². The van der Waals surface area contributed by atoms with Gasteiger partial charge in [0.15, 0.2) is 11.6 Å². The van der Waals surface area contributed by atoms with Crippen LogP contribution in [0.4, 0.5) is 22.0 Å². The number of aliphatic carboxylic acids is 1. The zero-order chi connectivity index (χ0) is 27.2. The molecular weight excluding hydrogens is 507 g/mol. The molecule has 8 nitrogen and oxygen atoms in total. The second-order valence-corrected chi connectivity index (χ2v) is 8.28. The molecule has 37 heavy (non-hydrogen) atoms. The van der Waals surface area contributed by atoms with Gasteiger partial charge in [0, 0.05) is 24.7 Å². The highest BCUT2D eigenvalue weighted by Crippen LogP contribution is 2.29. The van der Waals surface area contributed by atoms with Gasteiger partial charge in [-0.25, -0.2) is 8.78 Å². The van der Waals surface area contributed by atoms with Gasteiger partial charge in [-0.2, -0.15) is 0 Å². The summed E-state index contributed by atoms with van der Waals surface area (Å²) in [6, 6.07) is 5.89. The van der Waals surface area contributed by atoms with E-state index in [0.29, 0.717) is 37.8 Å². The summed E-state index contributed by atoms with van der Waals surface area (Å²) < 4.78 is 74.0. The number of carboxylic acids is 1. The molecule has 0 spiro atoms. The number of carbonyl (C=O) groups is 3. The summed E-state index contributed by atoms with van der Waals surface area (Å²) in [5, 5.41) is 13.8. The Morgan fingerprint density at radius 2 is 1.54 bits per heavy atom. The first-order valence-electron chi connectivity index (χ1n) is 11.2. The molecule has 200 valence electrons. The SMILES string of the molecule is O=C(NCCNC(=O)c1ccc(O[C@H]2CC[C@@H](C(=O)O)CC2)cc1F)c1ccc(OC(F)(F)F)c(F)c1. The highest BCUT2D eigenvalue weighted by molar-refractivity contribution is 5.95. The molecule has 1 fully saturated rings. The number of nitrogens with one attached hydrogen (secondary N) is 2. The Balaban J connectivity index is 1.44. The predicted molar refractivity (Wildman–Crippen MR) is 118 cm³/mol. The highest BCUT2D eigenvalue weighted by Gasteiger charge is 2.32. The Morgan fingerprint density at radius 3 is 2.11 bits per heavy atom. The number of carbonyl (C=O) groups excluding carboxylic acids is 2. The molecule has 1 aliphatic carbocycles. The molecule has 0 bridgehead atoms. The molecule has 13 heteroatoms. The average molecular weight is 530 g/mol. The van der Waals surface area contributed by atoms with Crippen molar-refractivity contribution in [2.45, 2.75) is 38.1 Å². The molecule has 3 rings (SSSR count). The van der Waals surface area contributed by atoms with Crippen molar-refractivity contribution in [2.24, 2.45) is 5.92 Å². The van der Waals surface area contributed by atoms with Crippen molar-refractivity contribution in [1.29, 1.82) is 0 Å². The number of amides is 2. The van der Waals surface area contributed by atoms with E-state index >= 15 is 0 Å². The van der Waals surface area contributed by atoms with E-state index in [4.69, 9.17) is 9.84 Å². The molecule has 2 amide bonds. The third-order valence-corrected chi connectivity index (χ3v) is 5.63. The van der Waals surface area contributed by atoms with E-state index in [9.17, 15) is 36.3 Å². The van der Waals surface area contributed by atoms with E-state index in [1.165, 1.54) is 12.1 Å². The predicted octanol–water partition coefficient (Wildman–Crippen LogP) is 4.05. The van der Waals surface area contributed by atoms with Crippen LogP contribution in [0.25, 0.3) is 0 Å². The quantitative estimate of drug-likeness (QED) is 0.333. The summed E-state index contributed by atoms with van der Waals surface area (Å²) in [5.74, 6) is -5.92. The summed E-state index contributed by atoms with van der Waals surface area (Å²) in [5.41, 5.74) is -0.535. The van der Waals surface area contributed by atoms with Crippen molar-refractivity contribution in [3.05, 3.63) is 59.2 Å². The lowest BCUT2D eigenvalue weighted by molar-refractivity contribution is -0.275. The lowest BCUT2D eigenvalue weighted by Crippen LogP contribution is -2.35. The summed E-state index contributed by atoms with van der Waals surface area (Å²) in [6.45, 7) is -0.248. The monoisotopic (exact) mass is 530 g/mol. The standard InChI is InChI=1S/C24H23F5N2O6/c25-18-12-16(36-15-4-1-13(2-5-15)23(34)35)6-7-17(18)22(33)31-10-9-30-21(32)14-3-8-20(19(26)11-14)37-24(27,28)29/h3,6-8,11-13,15H,1-2,4-5,9-10H2,(H,30,32)(H,31,33)(H,34,35)/t13-,15+. The van der Waals surface area contributed by atoms with Crippen LogP contribution in [0, 0.1) is 17.6 Å². The summed E-state index contributed by atoms with van der Waals surface area (Å²) >= 11 is 0. The molecule has 3 N–H and O–H groups in total. The zero-order valence-corrected chi connectivity index (χ0v) is 19.2. The smallest absolute Gasteiger partial charge is 0.490 e. The summed E-state index contributed by atoms with van der Waals surface area (Å²) in [4.78, 5) is 35.3. The Hall–Kier alpha value is -3.90. The van der Waals surface area contributed by atoms with Gasteiger partial charge >= 0.3 is 12.3 Å². The van der Waals surface area contributed by atoms with Crippen LogP contribution in [0.3, 0.4) is 0 Å². The molecule has 0 atom stereocenters. The maximum absolute atomic E-state index is 14.5. The van der Waals surface area contributed by atoms with Gasteiger partial charge in [-0.15, -0.1) is 13.2 Å². The summed E-state index contributed by atoms with van der Waals surface area (Å²) in [6.07, 6.45) is -3.37. The van der Waals surface area contributed by atoms with E-state index in [1.807, 2.05) is 0 Å². The minimum atomic E-state index is -5.08. The van der Waals surface area contributed by atoms with Gasteiger partial charge in [0.25, 0.3) is 11.8 Å². The molecule has 0 aromatic heterocycles. The average Bonchev–Trinajstić information content (AvgIpc) is 2.82. The van der Waals surface area contributed by atoms with Crippen molar-refractivity contribution in [3.8, 4) is 11.5 Å². The fraction of sp³-hybridized carbons (Fsp3) is 0.375. The molecule has 0 unspecified atom stereocenters. The Bertz CT molecular complexity index is 1150. The van der Waals surface area contributed by atoms with E-state index < -0.39 is 47.4 Å². The minimum absolute atomic E-state index is 0.118. The molecule has 2 aromatic carbocycles. The fourth-order valence-corrected chi connectivity index (χ4v) is 3.77. The van der Waals surface area contributed by atoms with Gasteiger partial charge in [-0.05, 0) is 56.0 Å². The van der Waals surface area contributed by atoms with E-state index in [-0.39, 0.29) is 36.1 Å². The molecule has 2 aromatic rings. The lowest BCUT2D eigenvalue weighted by atomic mass is 9.87. The van der Waals surface area contributed by atoms with Crippen molar-refractivity contribution < 1.29 is 50.9 Å². The Kier molecular flexibility index (Phi) is 8.90. The van der Waals surface area contributed by atoms with Crippen LogP contribution in [-0.4, -0.2) is 48.4 Å². The number of hydrogen-bond acceptors (Lipinski definition) is 5. The molecule has 1 aliphatic rings. The number of carboxylic acid groups (broad SMARTS) is 1. The molecule has 0 aliphatic heterocycles. The number of benzene rings is 2. The van der Waals surface area contributed by atoms with E-state index in [1.54, 1.807) is 0 Å². The molecule has 0 saturated heterocycles. The third kappa shape index (κ3) is 8.05. The van der Waals surface area contributed by atoms with Crippen LogP contribution in [-0.2, 0) is 4.79 Å². The van der Waals surface area contributed by atoms with Crippen molar-refractivity contribution in [3.63, 3.8) is 0 Å². The van der Waals surface area contributed by atoms with Gasteiger partial charge < -0.3 is 25.2 Å². The topological polar surface area (TPSA) is 114 Å². The van der Waals surface area contributed by atoms with Gasteiger partial charge in [-0.3, -0.25) is 14.4 Å². The van der Waals surface area contributed by atoms with Crippen LogP contribution in [0.15, 0.2) is 36.4 Å². The van der Waals surface area contributed by atoms with Crippen LogP contribution in [0.2, 0.25) is 0 Å². The number of halogens is 5. The molecule has 0 radical (unpaired) electrons. The summed E-state index contributed by atoms with van der Waals surface area (Å²) in [7, 11) is 0. The Morgan fingerprint density at radius 1 is 0.892 bits per heavy atom. The fourth-order valence-electron chi connectivity index (χ4n) is 3.77. The maximum Gasteiger partial charge on any atom is 0.573 e. The van der Waals surface area contributed by atoms with Crippen LogP contribution < -0.4 is 20.1 Å². The first-order chi connectivity index (χ1) is 17.4. The first-order valence-corrected chi connectivity index (χ1v) is 11.2. The van der Waals surface area contributed by atoms with Gasteiger partial charge in [0.2, 0.25) is 0 Å². The van der Waals surface area contributed by atoms with Crippen LogP contribution >= 0.6 is 0 Å². The number of alkyl halides is 3. The number of ether oxygens (including phenoxy) is 2. The van der Waals surface area contributed by atoms with E-state index in [2.05, 4.69) is 15.4 Å². The minimum Gasteiger partial charge on any atom is -0.490 e. The first kappa shape index (κ1) is 27.7. The van der Waals surface area contributed by atoms with Crippen molar-refractivity contribution in [1.82, 2.24) is 10.6 Å². The van der Waals surface area contributed by atoms with E-state index in [0.717, 1.165) is 12.1 Å². The number of hydrogen-bond donors (Lipinski definition) is 3. The number of rotatable bonds is 9. The van der Waals surface area contributed by atoms with Crippen LogP contribution in [0.1, 0.15) is 46.4 Å². The molecule has 0 heterocycles. The lowest BCUT2D eigenvalue weighted by Gasteiger charge is -2.26. The normalized spacial score (nSPS) is 17.5.